The van der Waals surface area contributed by atoms with Crippen molar-refractivity contribution in [2.24, 2.45) is 10.7 Å². The maximum atomic E-state index is 10.5. The average Bonchev–Trinajstić information content (AvgIpc) is 1.89. The number of hydrogen-bond donors (Lipinski definition) is 2. The molecule has 0 aromatic rings. The summed E-state index contributed by atoms with van der Waals surface area (Å²) in [5.41, 5.74) is 6.93. The summed E-state index contributed by atoms with van der Waals surface area (Å²) >= 11 is 0. The largest absolute Gasteiger partial charge is 0.402 e. The third-order valence-corrected chi connectivity index (χ3v) is 0.552. The van der Waals surface area contributed by atoms with E-state index in [1.165, 1.54) is 7.05 Å². The van der Waals surface area contributed by atoms with Gasteiger partial charge in [-0.2, -0.15) is 5.48 Å². The van der Waals surface area contributed by atoms with Crippen molar-refractivity contribution in [1.29, 1.82) is 0 Å². The lowest BCUT2D eigenvalue weighted by atomic mass is 10.7. The minimum Gasteiger partial charge on any atom is -0.402 e. The fourth-order valence-corrected chi connectivity index (χ4v) is 0.275. The van der Waals surface area contributed by atoms with Gasteiger partial charge in [0.2, 0.25) is 0 Å². The minimum absolute atomic E-state index is 0.430. The smallest absolute Gasteiger partial charge is 0.294 e. The first-order valence-corrected chi connectivity index (χ1v) is 2.55. The van der Waals surface area contributed by atoms with Crippen LogP contribution in [0.2, 0.25) is 0 Å². The standard InChI is InChI=1S/C5H9N3O2/c1-7-4-5(9)8-10-3-2-6/h2-4H,6H2,1H3,(H,8,9)/b3-2+,7-4?. The first-order valence-electron chi connectivity index (χ1n) is 2.55. The molecular formula is C5H9N3O2. The summed E-state index contributed by atoms with van der Waals surface area (Å²) in [6.07, 6.45) is 3.38. The molecule has 0 aromatic carbocycles. The van der Waals surface area contributed by atoms with Crippen LogP contribution < -0.4 is 11.2 Å². The molecule has 0 fully saturated rings. The van der Waals surface area contributed by atoms with Crippen molar-refractivity contribution in [2.45, 2.75) is 0 Å². The van der Waals surface area contributed by atoms with Crippen LogP contribution in [0.25, 0.3) is 0 Å². The van der Waals surface area contributed by atoms with Crippen molar-refractivity contribution in [1.82, 2.24) is 5.48 Å². The number of nitrogens with one attached hydrogen (secondary N) is 1. The Labute approximate surface area is 58.5 Å². The summed E-state index contributed by atoms with van der Waals surface area (Å²) < 4.78 is 0. The van der Waals surface area contributed by atoms with Crippen molar-refractivity contribution in [3.63, 3.8) is 0 Å². The Kier molecular flexibility index (Phi) is 4.76. The summed E-state index contributed by atoms with van der Waals surface area (Å²) in [5, 5.41) is 0. The molecule has 1 amide bonds. The van der Waals surface area contributed by atoms with Gasteiger partial charge in [0, 0.05) is 13.2 Å². The summed E-state index contributed by atoms with van der Waals surface area (Å²) in [7, 11) is 1.48. The highest BCUT2D eigenvalue weighted by molar-refractivity contribution is 6.25. The highest BCUT2D eigenvalue weighted by Crippen LogP contribution is 1.66. The van der Waals surface area contributed by atoms with Crippen molar-refractivity contribution in [2.75, 3.05) is 7.05 Å². The van der Waals surface area contributed by atoms with Gasteiger partial charge in [-0.05, 0) is 0 Å². The number of hydrogen-bond acceptors (Lipinski definition) is 4. The van der Waals surface area contributed by atoms with Gasteiger partial charge in [-0.3, -0.25) is 9.79 Å². The number of hydroxylamine groups is 1. The van der Waals surface area contributed by atoms with Crippen LogP contribution in [0.4, 0.5) is 0 Å². The molecule has 10 heavy (non-hydrogen) atoms. The van der Waals surface area contributed by atoms with Crippen LogP contribution in [-0.2, 0) is 9.63 Å². The van der Waals surface area contributed by atoms with Crippen LogP contribution in [-0.4, -0.2) is 19.2 Å². The molecule has 0 heterocycles. The van der Waals surface area contributed by atoms with E-state index in [4.69, 9.17) is 5.73 Å². The molecule has 0 rings (SSSR count). The van der Waals surface area contributed by atoms with Crippen molar-refractivity contribution < 1.29 is 9.63 Å². The van der Waals surface area contributed by atoms with Gasteiger partial charge in [0.1, 0.15) is 6.26 Å². The molecule has 0 aromatic heterocycles. The lowest BCUT2D eigenvalue weighted by Gasteiger charge is -1.95. The van der Waals surface area contributed by atoms with Gasteiger partial charge >= 0.3 is 0 Å². The van der Waals surface area contributed by atoms with Gasteiger partial charge < -0.3 is 10.6 Å². The van der Waals surface area contributed by atoms with E-state index >= 15 is 0 Å². The van der Waals surface area contributed by atoms with E-state index in [1.807, 2.05) is 5.48 Å². The fourth-order valence-electron chi connectivity index (χ4n) is 0.275. The first kappa shape index (κ1) is 8.48. The predicted octanol–water partition coefficient (Wildman–Crippen LogP) is -0.835. The first-order chi connectivity index (χ1) is 4.81. The highest BCUT2D eigenvalue weighted by Gasteiger charge is 1.89. The molecule has 5 heteroatoms. The van der Waals surface area contributed by atoms with E-state index in [-0.39, 0.29) is 0 Å². The topological polar surface area (TPSA) is 76.7 Å². The third-order valence-electron chi connectivity index (χ3n) is 0.552. The van der Waals surface area contributed by atoms with E-state index in [0.29, 0.717) is 0 Å². The van der Waals surface area contributed by atoms with E-state index in [1.54, 1.807) is 0 Å². The van der Waals surface area contributed by atoms with Gasteiger partial charge in [-0.25, -0.2) is 0 Å². The summed E-state index contributed by atoms with van der Waals surface area (Å²) in [5.74, 6) is -0.430. The molecule has 56 valence electrons. The van der Waals surface area contributed by atoms with Gasteiger partial charge in [0.05, 0.1) is 6.21 Å². The Morgan fingerprint density at radius 2 is 2.50 bits per heavy atom. The minimum atomic E-state index is -0.430. The molecule has 0 aliphatic heterocycles. The summed E-state index contributed by atoms with van der Waals surface area (Å²) in [4.78, 5) is 18.3. The number of carbonyl (C=O) groups excluding carboxylic acids is 1. The number of rotatable bonds is 3. The molecule has 0 bridgehead atoms. The monoisotopic (exact) mass is 143 g/mol. The average molecular weight is 143 g/mol. The van der Waals surface area contributed by atoms with Gasteiger partial charge in [0.15, 0.2) is 0 Å². The zero-order valence-electron chi connectivity index (χ0n) is 5.57. The number of aliphatic imine (C=N–C) groups is 1. The molecule has 0 aliphatic rings. The van der Waals surface area contributed by atoms with Crippen LogP contribution in [0, 0.1) is 0 Å². The summed E-state index contributed by atoms with van der Waals surface area (Å²) in [6.45, 7) is 0. The van der Waals surface area contributed by atoms with Crippen molar-refractivity contribution in [3.8, 4) is 0 Å². The number of carbonyl (C=O) groups is 1. The molecule has 0 atom stereocenters. The van der Waals surface area contributed by atoms with Gasteiger partial charge in [-0.15, -0.1) is 0 Å². The SMILES string of the molecule is CN=CC(=O)NO/C=C/N. The Morgan fingerprint density at radius 3 is 3.00 bits per heavy atom. The Balaban J connectivity index is 3.40. The van der Waals surface area contributed by atoms with Crippen LogP contribution in [0.15, 0.2) is 17.5 Å². The lowest BCUT2D eigenvalue weighted by molar-refractivity contribution is -0.122. The van der Waals surface area contributed by atoms with Crippen LogP contribution in [0.3, 0.4) is 0 Å². The quantitative estimate of drug-likeness (QED) is 0.307. The normalized spacial score (nSPS) is 10.5. The van der Waals surface area contributed by atoms with Crippen molar-refractivity contribution >= 4 is 12.1 Å². The number of nitrogens with zero attached hydrogens (tertiary/aromatic N) is 1. The molecule has 0 saturated heterocycles. The zero-order valence-corrected chi connectivity index (χ0v) is 5.57. The second kappa shape index (κ2) is 5.61. The Morgan fingerprint density at radius 1 is 1.80 bits per heavy atom. The molecule has 0 radical (unpaired) electrons. The van der Waals surface area contributed by atoms with Crippen molar-refractivity contribution in [3.05, 3.63) is 12.5 Å². The molecule has 0 spiro atoms. The summed E-state index contributed by atoms with van der Waals surface area (Å²) in [6, 6.07) is 0. The number of amides is 1. The Bertz CT molecular complexity index is 153. The highest BCUT2D eigenvalue weighted by atomic mass is 16.6. The predicted molar refractivity (Wildman–Crippen MR) is 37.0 cm³/mol. The molecule has 0 aliphatic carbocycles. The van der Waals surface area contributed by atoms with Gasteiger partial charge in [0.25, 0.3) is 5.91 Å². The Hall–Kier alpha value is -1.52. The molecule has 5 nitrogen and oxygen atoms in total. The maximum absolute atomic E-state index is 10.5. The molecule has 0 unspecified atom stereocenters. The maximum Gasteiger partial charge on any atom is 0.294 e. The van der Waals surface area contributed by atoms with E-state index < -0.39 is 5.91 Å². The zero-order chi connectivity index (χ0) is 7.82. The molecule has 3 N–H and O–H groups in total. The van der Waals surface area contributed by atoms with E-state index in [0.717, 1.165) is 18.7 Å². The number of nitrogens with two attached hydrogens (primary N) is 1. The second-order valence-corrected chi connectivity index (χ2v) is 1.30. The van der Waals surface area contributed by atoms with Gasteiger partial charge in [-0.1, -0.05) is 0 Å². The molecule has 0 saturated carbocycles. The van der Waals surface area contributed by atoms with Crippen LogP contribution in [0.1, 0.15) is 0 Å². The van der Waals surface area contributed by atoms with Crippen LogP contribution in [0.5, 0.6) is 0 Å². The lowest BCUT2D eigenvalue weighted by Crippen LogP contribution is -2.22. The third kappa shape index (κ3) is 4.63. The van der Waals surface area contributed by atoms with E-state index in [2.05, 4.69) is 9.83 Å². The van der Waals surface area contributed by atoms with E-state index in [9.17, 15) is 4.79 Å². The molecular weight excluding hydrogens is 134 g/mol. The van der Waals surface area contributed by atoms with Crippen LogP contribution >= 0.6 is 0 Å². The second-order valence-electron chi connectivity index (χ2n) is 1.30. The fraction of sp³-hybridized carbons (Fsp3) is 0.200.